The second-order valence-electron chi connectivity index (χ2n) is 7.08. The molecule has 1 unspecified atom stereocenters. The van der Waals surface area contributed by atoms with Crippen molar-refractivity contribution in [2.75, 3.05) is 52.9 Å². The lowest BCUT2D eigenvalue weighted by molar-refractivity contribution is 0.151. The number of amides is 2. The van der Waals surface area contributed by atoms with Crippen molar-refractivity contribution < 1.29 is 9.90 Å². The summed E-state index contributed by atoms with van der Waals surface area (Å²) >= 11 is 0. The van der Waals surface area contributed by atoms with Crippen LogP contribution in [0.25, 0.3) is 0 Å². The minimum atomic E-state index is -0.454. The molecule has 0 aromatic heterocycles. The number of aliphatic hydroxyl groups is 1. The van der Waals surface area contributed by atoms with Gasteiger partial charge in [0.25, 0.3) is 0 Å². The predicted octanol–water partition coefficient (Wildman–Crippen LogP) is 0.474. The fourth-order valence-corrected chi connectivity index (χ4v) is 3.03. The summed E-state index contributed by atoms with van der Waals surface area (Å²) in [7, 11) is 2.17. The Hall–Kier alpha value is -0.850. The maximum Gasteiger partial charge on any atom is 0.315 e. The van der Waals surface area contributed by atoms with E-state index in [1.807, 2.05) is 6.92 Å². The number of nitrogens with zero attached hydrogens (tertiary/aromatic N) is 2. The number of hydrogen-bond donors (Lipinski definition) is 3. The highest BCUT2D eigenvalue weighted by atomic mass is 16.3. The summed E-state index contributed by atoms with van der Waals surface area (Å²) in [6.07, 6.45) is 4.31. The molecule has 6 heteroatoms. The van der Waals surface area contributed by atoms with Crippen LogP contribution in [0.3, 0.4) is 0 Å². The van der Waals surface area contributed by atoms with Crippen molar-refractivity contribution in [1.82, 2.24) is 20.4 Å². The van der Waals surface area contributed by atoms with Crippen LogP contribution in [0, 0.1) is 5.92 Å². The standard InChI is InChI=1S/C16H32N4O2/c1-16(13-21,14-5-6-14)18-15(22)17-7-3-4-8-20-11-9-19(2)10-12-20/h14,21H,3-13H2,1-2H3,(H2,17,18,22). The molecule has 2 aliphatic rings. The van der Waals surface area contributed by atoms with E-state index in [9.17, 15) is 9.90 Å². The number of urea groups is 1. The van der Waals surface area contributed by atoms with Gasteiger partial charge in [0, 0.05) is 32.7 Å². The van der Waals surface area contributed by atoms with Gasteiger partial charge in [0.2, 0.25) is 0 Å². The molecule has 2 amide bonds. The van der Waals surface area contributed by atoms with Crippen LogP contribution in [0.5, 0.6) is 0 Å². The molecule has 6 nitrogen and oxygen atoms in total. The molecule has 0 radical (unpaired) electrons. The summed E-state index contributed by atoms with van der Waals surface area (Å²) in [4.78, 5) is 16.8. The van der Waals surface area contributed by atoms with Crippen molar-refractivity contribution >= 4 is 6.03 Å². The number of aliphatic hydroxyl groups excluding tert-OH is 1. The van der Waals surface area contributed by atoms with E-state index in [4.69, 9.17) is 0 Å². The molecule has 0 aromatic carbocycles. The Labute approximate surface area is 134 Å². The van der Waals surface area contributed by atoms with Crippen molar-refractivity contribution in [2.24, 2.45) is 5.92 Å². The molecule has 1 aliphatic heterocycles. The summed E-state index contributed by atoms with van der Waals surface area (Å²) in [5.41, 5.74) is -0.454. The third kappa shape index (κ3) is 5.41. The van der Waals surface area contributed by atoms with Gasteiger partial charge in [-0.25, -0.2) is 4.79 Å². The summed E-state index contributed by atoms with van der Waals surface area (Å²) in [5.74, 6) is 0.431. The summed E-state index contributed by atoms with van der Waals surface area (Å²) in [5, 5.41) is 15.3. The molecule has 22 heavy (non-hydrogen) atoms. The summed E-state index contributed by atoms with van der Waals surface area (Å²) in [6, 6.07) is -0.150. The Morgan fingerprint density at radius 3 is 2.50 bits per heavy atom. The normalized spacial score (nSPS) is 23.0. The topological polar surface area (TPSA) is 67.8 Å². The molecule has 3 N–H and O–H groups in total. The maximum absolute atomic E-state index is 11.9. The van der Waals surface area contributed by atoms with E-state index in [0.717, 1.165) is 58.4 Å². The summed E-state index contributed by atoms with van der Waals surface area (Å²) < 4.78 is 0. The van der Waals surface area contributed by atoms with Crippen molar-refractivity contribution in [3.63, 3.8) is 0 Å². The van der Waals surface area contributed by atoms with E-state index in [1.165, 1.54) is 0 Å². The maximum atomic E-state index is 11.9. The average molecular weight is 312 g/mol. The third-order valence-corrected chi connectivity index (χ3v) is 4.99. The smallest absolute Gasteiger partial charge is 0.315 e. The largest absolute Gasteiger partial charge is 0.394 e. The van der Waals surface area contributed by atoms with Crippen molar-refractivity contribution in [3.8, 4) is 0 Å². The Balaban J connectivity index is 1.52. The molecular formula is C16H32N4O2. The zero-order valence-electron chi connectivity index (χ0n) is 14.1. The molecule has 0 aromatic rings. The van der Waals surface area contributed by atoms with Gasteiger partial charge < -0.3 is 25.5 Å². The number of hydrogen-bond acceptors (Lipinski definition) is 4. The third-order valence-electron chi connectivity index (χ3n) is 4.99. The minimum Gasteiger partial charge on any atom is -0.394 e. The van der Waals surface area contributed by atoms with Crippen LogP contribution >= 0.6 is 0 Å². The second-order valence-corrected chi connectivity index (χ2v) is 7.08. The molecule has 2 rings (SSSR count). The zero-order chi connectivity index (χ0) is 16.0. The van der Waals surface area contributed by atoms with Crippen molar-refractivity contribution in [2.45, 2.75) is 38.1 Å². The van der Waals surface area contributed by atoms with E-state index < -0.39 is 5.54 Å². The molecule has 2 fully saturated rings. The van der Waals surface area contributed by atoms with Gasteiger partial charge in [0.05, 0.1) is 12.1 Å². The van der Waals surface area contributed by atoms with Gasteiger partial charge in [-0.05, 0) is 52.1 Å². The molecule has 0 bridgehead atoms. The highest BCUT2D eigenvalue weighted by molar-refractivity contribution is 5.74. The first-order valence-electron chi connectivity index (χ1n) is 8.61. The Morgan fingerprint density at radius 1 is 1.23 bits per heavy atom. The zero-order valence-corrected chi connectivity index (χ0v) is 14.1. The number of nitrogens with one attached hydrogen (secondary N) is 2. The molecular weight excluding hydrogens is 280 g/mol. The van der Waals surface area contributed by atoms with Crippen LogP contribution in [-0.4, -0.2) is 79.4 Å². The summed E-state index contributed by atoms with van der Waals surface area (Å²) in [6.45, 7) is 8.37. The molecule has 1 aliphatic carbocycles. The Morgan fingerprint density at radius 2 is 1.91 bits per heavy atom. The Kier molecular flexibility index (Phi) is 6.47. The lowest BCUT2D eigenvalue weighted by Gasteiger charge is -2.32. The number of likely N-dealkylation sites (N-methyl/N-ethyl adjacent to an activating group) is 1. The van der Waals surface area contributed by atoms with Crippen molar-refractivity contribution in [1.29, 1.82) is 0 Å². The predicted molar refractivity (Wildman–Crippen MR) is 87.9 cm³/mol. The molecule has 1 saturated heterocycles. The second kappa shape index (κ2) is 8.13. The van der Waals surface area contributed by atoms with E-state index in [2.05, 4.69) is 27.5 Å². The molecule has 1 heterocycles. The van der Waals surface area contributed by atoms with Gasteiger partial charge in [0.1, 0.15) is 0 Å². The molecule has 1 saturated carbocycles. The van der Waals surface area contributed by atoms with Gasteiger partial charge in [-0.1, -0.05) is 0 Å². The minimum absolute atomic E-state index is 0.00843. The number of carbonyl (C=O) groups excluding carboxylic acids is 1. The lowest BCUT2D eigenvalue weighted by atomic mass is 9.97. The SMILES string of the molecule is CN1CCN(CCCCNC(=O)NC(C)(CO)C2CC2)CC1. The highest BCUT2D eigenvalue weighted by Crippen LogP contribution is 2.39. The van der Waals surface area contributed by atoms with Gasteiger partial charge in [-0.3, -0.25) is 0 Å². The average Bonchev–Trinajstić information content (AvgIpc) is 3.34. The van der Waals surface area contributed by atoms with E-state index in [0.29, 0.717) is 12.5 Å². The van der Waals surface area contributed by atoms with Crippen LogP contribution in [0.15, 0.2) is 0 Å². The fraction of sp³-hybridized carbons (Fsp3) is 0.938. The van der Waals surface area contributed by atoms with Crippen molar-refractivity contribution in [3.05, 3.63) is 0 Å². The fourth-order valence-electron chi connectivity index (χ4n) is 3.03. The number of carbonyl (C=O) groups is 1. The highest BCUT2D eigenvalue weighted by Gasteiger charge is 2.42. The first kappa shape index (κ1) is 17.5. The molecule has 1 atom stereocenters. The lowest BCUT2D eigenvalue weighted by Crippen LogP contribution is -2.54. The van der Waals surface area contributed by atoms with Crippen LogP contribution in [0.4, 0.5) is 4.79 Å². The number of rotatable bonds is 8. The van der Waals surface area contributed by atoms with Crippen LogP contribution in [-0.2, 0) is 0 Å². The number of piperazine rings is 1. The van der Waals surface area contributed by atoms with Gasteiger partial charge in [-0.15, -0.1) is 0 Å². The first-order chi connectivity index (χ1) is 10.5. The molecule has 0 spiro atoms. The van der Waals surface area contributed by atoms with Gasteiger partial charge >= 0.3 is 6.03 Å². The number of unbranched alkanes of at least 4 members (excludes halogenated alkanes) is 1. The van der Waals surface area contributed by atoms with E-state index in [1.54, 1.807) is 0 Å². The van der Waals surface area contributed by atoms with E-state index >= 15 is 0 Å². The van der Waals surface area contributed by atoms with Crippen LogP contribution in [0.1, 0.15) is 32.6 Å². The van der Waals surface area contributed by atoms with E-state index in [-0.39, 0.29) is 12.6 Å². The van der Waals surface area contributed by atoms with Crippen LogP contribution in [0.2, 0.25) is 0 Å². The van der Waals surface area contributed by atoms with Gasteiger partial charge in [-0.2, -0.15) is 0 Å². The monoisotopic (exact) mass is 312 g/mol. The quantitative estimate of drug-likeness (QED) is 0.570. The first-order valence-corrected chi connectivity index (χ1v) is 8.61. The van der Waals surface area contributed by atoms with Crippen LogP contribution < -0.4 is 10.6 Å². The van der Waals surface area contributed by atoms with Gasteiger partial charge in [0.15, 0.2) is 0 Å². The molecule has 128 valence electrons. The Bertz CT molecular complexity index is 354.